The van der Waals surface area contributed by atoms with Crippen molar-refractivity contribution >= 4 is 11.7 Å². The van der Waals surface area contributed by atoms with E-state index in [2.05, 4.69) is 10.6 Å². The van der Waals surface area contributed by atoms with Crippen molar-refractivity contribution in [1.29, 1.82) is 0 Å². The molecule has 0 bridgehead atoms. The number of urea groups is 1. The Morgan fingerprint density at radius 3 is 2.75 bits per heavy atom. The summed E-state index contributed by atoms with van der Waals surface area (Å²) in [5.41, 5.74) is 4.13. The molecule has 1 aliphatic heterocycles. The minimum atomic E-state index is -0.241. The fourth-order valence-electron chi connectivity index (χ4n) is 2.75. The van der Waals surface area contributed by atoms with E-state index in [4.69, 9.17) is 9.47 Å². The number of nitrogens with one attached hydrogen (secondary N) is 2. The molecule has 2 aromatic rings. The average molecular weight is 326 g/mol. The van der Waals surface area contributed by atoms with E-state index in [0.29, 0.717) is 26.4 Å². The van der Waals surface area contributed by atoms with Crippen LogP contribution in [0.15, 0.2) is 48.5 Å². The zero-order valence-electron chi connectivity index (χ0n) is 13.7. The Morgan fingerprint density at radius 1 is 1.17 bits per heavy atom. The van der Waals surface area contributed by atoms with Gasteiger partial charge in [0.05, 0.1) is 19.3 Å². The van der Waals surface area contributed by atoms with E-state index in [9.17, 15) is 4.79 Å². The molecule has 24 heavy (non-hydrogen) atoms. The summed E-state index contributed by atoms with van der Waals surface area (Å²) in [6.45, 7) is 4.20. The number of anilines is 1. The molecule has 1 aliphatic rings. The van der Waals surface area contributed by atoms with Gasteiger partial charge >= 0.3 is 6.03 Å². The molecular formula is C19H22N2O3. The van der Waals surface area contributed by atoms with Crippen LogP contribution >= 0.6 is 0 Å². The highest BCUT2D eigenvalue weighted by atomic mass is 16.5. The molecule has 2 amide bonds. The summed E-state index contributed by atoms with van der Waals surface area (Å²) in [6.07, 6.45) is -0.157. The summed E-state index contributed by atoms with van der Waals surface area (Å²) in [4.78, 5) is 12.1. The van der Waals surface area contributed by atoms with Crippen LogP contribution in [0.25, 0.3) is 0 Å². The minimum absolute atomic E-state index is 0.157. The molecule has 0 aliphatic carbocycles. The molecule has 2 aromatic carbocycles. The lowest BCUT2D eigenvalue weighted by molar-refractivity contribution is 0.0643. The molecule has 2 N–H and O–H groups in total. The van der Waals surface area contributed by atoms with Gasteiger partial charge in [-0.25, -0.2) is 4.79 Å². The van der Waals surface area contributed by atoms with Gasteiger partial charge in [0.2, 0.25) is 0 Å². The molecule has 0 radical (unpaired) electrons. The zero-order valence-corrected chi connectivity index (χ0v) is 13.7. The smallest absolute Gasteiger partial charge is 0.319 e. The van der Waals surface area contributed by atoms with E-state index in [-0.39, 0.29) is 12.1 Å². The fraction of sp³-hybridized carbons (Fsp3) is 0.316. The van der Waals surface area contributed by atoms with Gasteiger partial charge in [0.25, 0.3) is 0 Å². The van der Waals surface area contributed by atoms with Crippen LogP contribution < -0.4 is 10.6 Å². The first kappa shape index (κ1) is 16.5. The van der Waals surface area contributed by atoms with E-state index in [1.807, 2.05) is 55.5 Å². The second kappa shape index (κ2) is 7.95. The van der Waals surface area contributed by atoms with Crippen molar-refractivity contribution in [3.63, 3.8) is 0 Å². The van der Waals surface area contributed by atoms with Gasteiger partial charge < -0.3 is 20.1 Å². The molecule has 0 spiro atoms. The van der Waals surface area contributed by atoms with E-state index in [1.165, 1.54) is 5.56 Å². The molecule has 3 rings (SSSR count). The van der Waals surface area contributed by atoms with Crippen LogP contribution in [0.5, 0.6) is 0 Å². The third-order valence-electron chi connectivity index (χ3n) is 3.97. The monoisotopic (exact) mass is 326 g/mol. The van der Waals surface area contributed by atoms with Gasteiger partial charge in [-0.05, 0) is 35.7 Å². The van der Waals surface area contributed by atoms with Crippen molar-refractivity contribution in [2.24, 2.45) is 0 Å². The predicted octanol–water partition coefficient (Wildman–Crippen LogP) is 3.62. The van der Waals surface area contributed by atoms with Crippen LogP contribution in [0.3, 0.4) is 0 Å². The Labute approximate surface area is 142 Å². The van der Waals surface area contributed by atoms with Gasteiger partial charge in [0.1, 0.15) is 0 Å². The molecule has 1 atom stereocenters. The van der Waals surface area contributed by atoms with E-state index in [0.717, 1.165) is 16.8 Å². The number of hydrogen-bond donors (Lipinski definition) is 2. The molecule has 0 saturated heterocycles. The van der Waals surface area contributed by atoms with Crippen molar-refractivity contribution in [3.05, 3.63) is 65.2 Å². The van der Waals surface area contributed by atoms with Crippen LogP contribution in [-0.2, 0) is 22.7 Å². The van der Waals surface area contributed by atoms with Crippen LogP contribution in [0.2, 0.25) is 0 Å². The highest BCUT2D eigenvalue weighted by Crippen LogP contribution is 2.23. The summed E-state index contributed by atoms with van der Waals surface area (Å²) >= 11 is 0. The summed E-state index contributed by atoms with van der Waals surface area (Å²) in [5.74, 6) is 0. The number of carbonyl (C=O) groups excluding carboxylic acids is 1. The molecule has 0 unspecified atom stereocenters. The quantitative estimate of drug-likeness (QED) is 0.852. The molecular weight excluding hydrogens is 304 g/mol. The highest BCUT2D eigenvalue weighted by Gasteiger charge is 2.14. The lowest BCUT2D eigenvalue weighted by Crippen LogP contribution is -2.33. The van der Waals surface area contributed by atoms with Crippen LogP contribution in [-0.4, -0.2) is 19.2 Å². The van der Waals surface area contributed by atoms with Gasteiger partial charge in [-0.15, -0.1) is 0 Å². The Morgan fingerprint density at radius 2 is 1.96 bits per heavy atom. The summed E-state index contributed by atoms with van der Waals surface area (Å²) in [6, 6.07) is 15.5. The summed E-state index contributed by atoms with van der Waals surface area (Å²) in [5, 5.41) is 5.74. The van der Waals surface area contributed by atoms with Crippen molar-refractivity contribution < 1.29 is 14.3 Å². The van der Waals surface area contributed by atoms with E-state index in [1.54, 1.807) is 0 Å². The van der Waals surface area contributed by atoms with Gasteiger partial charge in [-0.1, -0.05) is 36.4 Å². The van der Waals surface area contributed by atoms with Gasteiger partial charge in [0, 0.05) is 18.8 Å². The molecule has 126 valence electrons. The fourth-order valence-corrected chi connectivity index (χ4v) is 2.75. The van der Waals surface area contributed by atoms with Crippen molar-refractivity contribution in [2.45, 2.75) is 26.2 Å². The lowest BCUT2D eigenvalue weighted by Gasteiger charge is -2.18. The van der Waals surface area contributed by atoms with E-state index >= 15 is 0 Å². The Hall–Kier alpha value is -2.37. The second-order valence-electron chi connectivity index (χ2n) is 5.67. The van der Waals surface area contributed by atoms with Crippen LogP contribution in [0, 0.1) is 0 Å². The normalized spacial score (nSPS) is 14.0. The predicted molar refractivity (Wildman–Crippen MR) is 92.8 cm³/mol. The first-order chi connectivity index (χ1) is 11.8. The maximum absolute atomic E-state index is 12.1. The number of fused-ring (bicyclic) bond motifs is 1. The third kappa shape index (κ3) is 4.13. The van der Waals surface area contributed by atoms with E-state index < -0.39 is 0 Å². The Bertz CT molecular complexity index is 688. The number of ether oxygens (including phenoxy) is 2. The average Bonchev–Trinajstić information content (AvgIpc) is 3.07. The molecule has 1 heterocycles. The van der Waals surface area contributed by atoms with Crippen LogP contribution in [0.4, 0.5) is 10.5 Å². The summed E-state index contributed by atoms with van der Waals surface area (Å²) in [7, 11) is 0. The highest BCUT2D eigenvalue weighted by molar-refractivity contribution is 5.89. The van der Waals surface area contributed by atoms with Crippen LogP contribution in [0.1, 0.15) is 29.7 Å². The van der Waals surface area contributed by atoms with Crippen molar-refractivity contribution in [1.82, 2.24) is 5.32 Å². The summed E-state index contributed by atoms with van der Waals surface area (Å²) < 4.78 is 11.1. The maximum atomic E-state index is 12.1. The number of benzene rings is 2. The Balaban J connectivity index is 1.56. The standard InChI is InChI=1S/C19H22N2O3/c1-2-24-18(14-6-4-3-5-7-14)11-20-19(22)21-17-9-8-15-12-23-13-16(15)10-17/h3-10,18H,2,11-13H2,1H3,(H2,20,21,22)/t18-/m0/s1. The first-order valence-corrected chi connectivity index (χ1v) is 8.17. The molecule has 5 heteroatoms. The Kier molecular flexibility index (Phi) is 5.46. The van der Waals surface area contributed by atoms with Gasteiger partial charge in [-0.3, -0.25) is 0 Å². The molecule has 5 nitrogen and oxygen atoms in total. The first-order valence-electron chi connectivity index (χ1n) is 8.17. The SMILES string of the molecule is CCO[C@@H](CNC(=O)Nc1ccc2c(c1)COC2)c1ccccc1. The third-order valence-corrected chi connectivity index (χ3v) is 3.97. The van der Waals surface area contributed by atoms with Gasteiger partial charge in [0.15, 0.2) is 0 Å². The van der Waals surface area contributed by atoms with Crippen molar-refractivity contribution in [2.75, 3.05) is 18.5 Å². The topological polar surface area (TPSA) is 59.6 Å². The number of amides is 2. The molecule has 0 aromatic heterocycles. The largest absolute Gasteiger partial charge is 0.372 e. The van der Waals surface area contributed by atoms with Gasteiger partial charge in [-0.2, -0.15) is 0 Å². The molecule has 0 saturated carbocycles. The lowest BCUT2D eigenvalue weighted by atomic mass is 10.1. The van der Waals surface area contributed by atoms with Crippen molar-refractivity contribution in [3.8, 4) is 0 Å². The number of rotatable bonds is 6. The number of hydrogen-bond acceptors (Lipinski definition) is 3. The second-order valence-corrected chi connectivity index (χ2v) is 5.67. The minimum Gasteiger partial charge on any atom is -0.372 e. The number of carbonyl (C=O) groups is 1. The maximum Gasteiger partial charge on any atom is 0.319 e. The zero-order chi connectivity index (χ0) is 16.8. The molecule has 0 fully saturated rings.